The van der Waals surface area contributed by atoms with Crippen molar-refractivity contribution in [1.82, 2.24) is 4.90 Å². The van der Waals surface area contributed by atoms with Gasteiger partial charge in [0.05, 0.1) is 24.5 Å². The lowest BCUT2D eigenvalue weighted by atomic mass is 10.1. The van der Waals surface area contributed by atoms with Gasteiger partial charge in [0, 0.05) is 26.2 Å². The summed E-state index contributed by atoms with van der Waals surface area (Å²) in [4.78, 5) is 30.0. The van der Waals surface area contributed by atoms with Crippen LogP contribution in [-0.2, 0) is 0 Å². The van der Waals surface area contributed by atoms with Gasteiger partial charge in [-0.2, -0.15) is 0 Å². The number of methoxy groups -OCH3 is 1. The predicted octanol–water partition coefficient (Wildman–Crippen LogP) is 7.36. The lowest BCUT2D eigenvalue weighted by Gasteiger charge is -2.24. The molecular weight excluding hydrogens is 464 g/mol. The molecule has 0 fully saturated rings. The molecule has 1 unspecified atom stereocenters. The minimum atomic E-state index is -0.209. The molecule has 6 nitrogen and oxygen atoms in total. The van der Waals surface area contributed by atoms with E-state index in [1.165, 1.54) is 19.3 Å². The monoisotopic (exact) mass is 510 g/mol. The summed E-state index contributed by atoms with van der Waals surface area (Å²) in [6, 6.07) is 12.6. The van der Waals surface area contributed by atoms with Crippen molar-refractivity contribution in [3.05, 3.63) is 53.6 Å². The van der Waals surface area contributed by atoms with Crippen LogP contribution in [0.3, 0.4) is 0 Å². The topological polar surface area (TPSA) is 59.1 Å². The van der Waals surface area contributed by atoms with E-state index in [4.69, 9.17) is 9.47 Å². The standard InChI is InChI=1S/C31H46N2O4/c1-7-10-12-13-17-25(16-9-3)37-28-19-15-14-18-26(28)31(35)33(5)27-23-24(20-21-29(27)36-6)30(34)32(4)22-11-8-2/h14-15,18-21,23,25H,7-13,16-17,22H2,1-6H3. The lowest BCUT2D eigenvalue weighted by Crippen LogP contribution is -2.30. The van der Waals surface area contributed by atoms with E-state index in [9.17, 15) is 9.59 Å². The highest BCUT2D eigenvalue weighted by Crippen LogP contribution is 2.32. The predicted molar refractivity (Wildman–Crippen MR) is 152 cm³/mol. The van der Waals surface area contributed by atoms with Crippen molar-refractivity contribution in [2.45, 2.75) is 84.7 Å². The molecule has 0 heterocycles. The van der Waals surface area contributed by atoms with Gasteiger partial charge >= 0.3 is 0 Å². The fraction of sp³-hybridized carbons (Fsp3) is 0.548. The van der Waals surface area contributed by atoms with Crippen molar-refractivity contribution in [2.75, 3.05) is 32.6 Å². The number of hydrogen-bond donors (Lipinski definition) is 0. The van der Waals surface area contributed by atoms with Crippen LogP contribution < -0.4 is 14.4 Å². The number of carbonyl (C=O) groups is 2. The molecule has 0 saturated carbocycles. The van der Waals surface area contributed by atoms with Crippen LogP contribution in [0.4, 0.5) is 5.69 Å². The molecular formula is C31H46N2O4. The molecule has 0 spiro atoms. The van der Waals surface area contributed by atoms with Crippen LogP contribution >= 0.6 is 0 Å². The second-order valence-electron chi connectivity index (χ2n) is 9.71. The summed E-state index contributed by atoms with van der Waals surface area (Å²) in [5.41, 5.74) is 1.56. The van der Waals surface area contributed by atoms with E-state index in [1.807, 2.05) is 18.2 Å². The summed E-state index contributed by atoms with van der Waals surface area (Å²) in [6.07, 6.45) is 9.76. The number of amides is 2. The van der Waals surface area contributed by atoms with Crippen molar-refractivity contribution < 1.29 is 19.1 Å². The molecule has 204 valence electrons. The van der Waals surface area contributed by atoms with Gasteiger partial charge < -0.3 is 19.3 Å². The Labute approximate surface area is 223 Å². The molecule has 0 aliphatic heterocycles. The Kier molecular flexibility index (Phi) is 13.0. The maximum Gasteiger partial charge on any atom is 0.261 e. The first-order chi connectivity index (χ1) is 17.9. The average Bonchev–Trinajstić information content (AvgIpc) is 2.92. The van der Waals surface area contributed by atoms with Crippen molar-refractivity contribution in [2.24, 2.45) is 0 Å². The average molecular weight is 511 g/mol. The zero-order valence-electron chi connectivity index (χ0n) is 23.7. The van der Waals surface area contributed by atoms with Gasteiger partial charge in [0.15, 0.2) is 0 Å². The highest BCUT2D eigenvalue weighted by atomic mass is 16.5. The SMILES string of the molecule is CCCCCCC(CCC)Oc1ccccc1C(=O)N(C)c1cc(C(=O)N(C)CCCC)ccc1OC. The van der Waals surface area contributed by atoms with E-state index in [2.05, 4.69) is 20.8 Å². The Balaban J connectivity index is 2.29. The first-order valence-electron chi connectivity index (χ1n) is 13.8. The molecule has 1 atom stereocenters. The van der Waals surface area contributed by atoms with Crippen LogP contribution in [0.25, 0.3) is 0 Å². The number of ether oxygens (including phenoxy) is 2. The molecule has 6 heteroatoms. The van der Waals surface area contributed by atoms with Gasteiger partial charge in [-0.05, 0) is 56.0 Å². The second kappa shape index (κ2) is 16.0. The van der Waals surface area contributed by atoms with E-state index in [1.54, 1.807) is 55.3 Å². The van der Waals surface area contributed by atoms with Crippen LogP contribution in [0, 0.1) is 0 Å². The van der Waals surface area contributed by atoms with E-state index >= 15 is 0 Å². The first-order valence-corrected chi connectivity index (χ1v) is 13.8. The van der Waals surface area contributed by atoms with Gasteiger partial charge in [0.1, 0.15) is 11.5 Å². The molecule has 0 saturated heterocycles. The molecule has 2 aromatic rings. The molecule has 2 amide bonds. The summed E-state index contributed by atoms with van der Waals surface area (Å²) >= 11 is 0. The van der Waals surface area contributed by atoms with E-state index < -0.39 is 0 Å². The molecule has 2 aromatic carbocycles. The summed E-state index contributed by atoms with van der Waals surface area (Å²) in [5.74, 6) is 0.840. The lowest BCUT2D eigenvalue weighted by molar-refractivity contribution is 0.0792. The second-order valence-corrected chi connectivity index (χ2v) is 9.71. The molecule has 0 aromatic heterocycles. The number of benzene rings is 2. The zero-order valence-corrected chi connectivity index (χ0v) is 23.7. The number of anilines is 1. The van der Waals surface area contributed by atoms with Crippen LogP contribution in [0.15, 0.2) is 42.5 Å². The number of carbonyl (C=O) groups excluding carboxylic acids is 2. The first kappa shape index (κ1) is 30.2. The van der Waals surface area contributed by atoms with E-state index in [-0.39, 0.29) is 17.9 Å². The van der Waals surface area contributed by atoms with Crippen molar-refractivity contribution in [3.63, 3.8) is 0 Å². The molecule has 2 rings (SSSR count). The minimum absolute atomic E-state index is 0.0765. The zero-order chi connectivity index (χ0) is 27.2. The Bertz CT molecular complexity index is 991. The number of unbranched alkanes of at least 4 members (excludes halogenated alkanes) is 4. The Morgan fingerprint density at radius 1 is 0.811 bits per heavy atom. The van der Waals surface area contributed by atoms with Gasteiger partial charge in [-0.15, -0.1) is 0 Å². The van der Waals surface area contributed by atoms with Gasteiger partial charge in [-0.3, -0.25) is 9.59 Å². The van der Waals surface area contributed by atoms with Crippen LogP contribution in [-0.4, -0.2) is 50.6 Å². The van der Waals surface area contributed by atoms with E-state index in [0.29, 0.717) is 34.9 Å². The minimum Gasteiger partial charge on any atom is -0.495 e. The maximum atomic E-state index is 13.7. The highest BCUT2D eigenvalue weighted by Gasteiger charge is 2.23. The molecule has 0 aliphatic carbocycles. The Morgan fingerprint density at radius 2 is 1.54 bits per heavy atom. The van der Waals surface area contributed by atoms with Crippen LogP contribution in [0.2, 0.25) is 0 Å². The highest BCUT2D eigenvalue weighted by molar-refractivity contribution is 6.09. The smallest absolute Gasteiger partial charge is 0.261 e. The van der Waals surface area contributed by atoms with Crippen LogP contribution in [0.5, 0.6) is 11.5 Å². The number of rotatable bonds is 16. The van der Waals surface area contributed by atoms with Crippen molar-refractivity contribution in [1.29, 1.82) is 0 Å². The fourth-order valence-electron chi connectivity index (χ4n) is 4.40. The maximum absolute atomic E-state index is 13.7. The van der Waals surface area contributed by atoms with Gasteiger partial charge in [0.2, 0.25) is 0 Å². The molecule has 37 heavy (non-hydrogen) atoms. The summed E-state index contributed by atoms with van der Waals surface area (Å²) in [6.45, 7) is 7.16. The van der Waals surface area contributed by atoms with Gasteiger partial charge in [-0.1, -0.05) is 65.0 Å². The number of hydrogen-bond acceptors (Lipinski definition) is 4. The third-order valence-corrected chi connectivity index (χ3v) is 6.69. The molecule has 0 bridgehead atoms. The summed E-state index contributed by atoms with van der Waals surface area (Å²) in [5, 5.41) is 0. The molecule has 0 N–H and O–H groups in total. The Morgan fingerprint density at radius 3 is 2.22 bits per heavy atom. The quantitative estimate of drug-likeness (QED) is 0.221. The van der Waals surface area contributed by atoms with Crippen molar-refractivity contribution >= 4 is 17.5 Å². The van der Waals surface area contributed by atoms with E-state index in [0.717, 1.165) is 38.5 Å². The van der Waals surface area contributed by atoms with Gasteiger partial charge in [0.25, 0.3) is 11.8 Å². The Hall–Kier alpha value is -3.02. The van der Waals surface area contributed by atoms with Crippen molar-refractivity contribution in [3.8, 4) is 11.5 Å². The summed E-state index contributed by atoms with van der Waals surface area (Å²) < 4.78 is 12.0. The molecule has 0 aliphatic rings. The molecule has 0 radical (unpaired) electrons. The van der Waals surface area contributed by atoms with Crippen LogP contribution in [0.1, 0.15) is 99.3 Å². The summed E-state index contributed by atoms with van der Waals surface area (Å²) in [7, 11) is 5.08. The third kappa shape index (κ3) is 8.80. The number of para-hydroxylation sites is 1. The van der Waals surface area contributed by atoms with Gasteiger partial charge in [-0.25, -0.2) is 0 Å². The normalized spacial score (nSPS) is 11.6. The number of nitrogens with zero attached hydrogens (tertiary/aromatic N) is 2. The fourth-order valence-corrected chi connectivity index (χ4v) is 4.40. The largest absolute Gasteiger partial charge is 0.495 e. The third-order valence-electron chi connectivity index (χ3n) is 6.69.